The van der Waals surface area contributed by atoms with Gasteiger partial charge in [0.1, 0.15) is 12.0 Å². The standard InChI is InChI=1S/C23H19N5O3S/c24-21-19-11-13-31-23(19)27-22(16-4-3-5-18(14-16)32(25,29)30)28(21)17-9-7-15(8-10-17)20-6-1-2-12-26-20/h1-14,21H,24H2,(H2,25,29,30). The first-order valence-corrected chi connectivity index (χ1v) is 11.3. The fraction of sp³-hybridized carbons (Fsp3) is 0.0435. The third-order valence-corrected chi connectivity index (χ3v) is 6.14. The van der Waals surface area contributed by atoms with Crippen LogP contribution in [0.2, 0.25) is 0 Å². The fourth-order valence-electron chi connectivity index (χ4n) is 3.67. The fourth-order valence-corrected chi connectivity index (χ4v) is 4.23. The summed E-state index contributed by atoms with van der Waals surface area (Å²) in [7, 11) is -3.88. The first-order valence-electron chi connectivity index (χ1n) is 9.77. The number of fused-ring (bicyclic) bond motifs is 1. The molecule has 2 aromatic heterocycles. The molecule has 0 spiro atoms. The largest absolute Gasteiger partial charge is 0.446 e. The van der Waals surface area contributed by atoms with Crippen LogP contribution in [0.3, 0.4) is 0 Å². The Kier molecular flexibility index (Phi) is 4.86. The maximum absolute atomic E-state index is 11.9. The normalized spacial score (nSPS) is 15.9. The van der Waals surface area contributed by atoms with Gasteiger partial charge < -0.3 is 15.1 Å². The van der Waals surface area contributed by atoms with E-state index in [9.17, 15) is 8.42 Å². The van der Waals surface area contributed by atoms with Crippen LogP contribution in [0.4, 0.5) is 11.6 Å². The number of aromatic nitrogens is 1. The van der Waals surface area contributed by atoms with Crippen LogP contribution < -0.4 is 15.8 Å². The second-order valence-electron chi connectivity index (χ2n) is 7.27. The van der Waals surface area contributed by atoms with E-state index >= 15 is 0 Å². The molecule has 3 heterocycles. The lowest BCUT2D eigenvalue weighted by Gasteiger charge is -2.34. The molecule has 0 bridgehead atoms. The molecule has 1 aliphatic heterocycles. The highest BCUT2D eigenvalue weighted by atomic mass is 32.2. The molecular weight excluding hydrogens is 426 g/mol. The van der Waals surface area contributed by atoms with Crippen LogP contribution in [0.5, 0.6) is 0 Å². The predicted molar refractivity (Wildman–Crippen MR) is 122 cm³/mol. The number of hydrogen-bond donors (Lipinski definition) is 2. The lowest BCUT2D eigenvalue weighted by Crippen LogP contribution is -2.42. The van der Waals surface area contributed by atoms with Gasteiger partial charge in [0, 0.05) is 23.0 Å². The first-order chi connectivity index (χ1) is 15.4. The lowest BCUT2D eigenvalue weighted by atomic mass is 10.1. The summed E-state index contributed by atoms with van der Waals surface area (Å²) >= 11 is 0. The number of anilines is 1. The Hall–Kier alpha value is -3.79. The van der Waals surface area contributed by atoms with Crippen molar-refractivity contribution in [2.24, 2.45) is 15.9 Å². The van der Waals surface area contributed by atoms with Crippen LogP contribution in [-0.2, 0) is 10.0 Å². The number of hydrogen-bond acceptors (Lipinski definition) is 7. The minimum absolute atomic E-state index is 0.0121. The number of aliphatic imine (C=N–C) groups is 1. The van der Waals surface area contributed by atoms with Gasteiger partial charge in [0.15, 0.2) is 0 Å². The van der Waals surface area contributed by atoms with Crippen LogP contribution in [0.1, 0.15) is 17.3 Å². The van der Waals surface area contributed by atoms with Gasteiger partial charge in [-0.2, -0.15) is 4.99 Å². The van der Waals surface area contributed by atoms with Crippen LogP contribution in [0, 0.1) is 0 Å². The molecule has 0 fully saturated rings. The maximum Gasteiger partial charge on any atom is 0.238 e. The number of primary sulfonamides is 1. The highest BCUT2D eigenvalue weighted by Crippen LogP contribution is 2.38. The number of sulfonamides is 1. The van der Waals surface area contributed by atoms with Crippen molar-refractivity contribution >= 4 is 27.4 Å². The molecule has 0 amide bonds. The van der Waals surface area contributed by atoms with Crippen molar-refractivity contribution < 1.29 is 12.8 Å². The molecule has 0 radical (unpaired) electrons. The van der Waals surface area contributed by atoms with E-state index in [2.05, 4.69) is 9.98 Å². The first kappa shape index (κ1) is 20.1. The molecule has 5 rings (SSSR count). The molecule has 160 valence electrons. The van der Waals surface area contributed by atoms with Gasteiger partial charge in [0.05, 0.1) is 22.4 Å². The molecule has 0 saturated carbocycles. The van der Waals surface area contributed by atoms with Gasteiger partial charge >= 0.3 is 0 Å². The van der Waals surface area contributed by atoms with E-state index in [0.717, 1.165) is 22.5 Å². The van der Waals surface area contributed by atoms with Crippen molar-refractivity contribution in [3.05, 3.63) is 96.4 Å². The van der Waals surface area contributed by atoms with E-state index in [1.54, 1.807) is 24.4 Å². The number of pyridine rings is 1. The van der Waals surface area contributed by atoms with Crippen LogP contribution in [-0.4, -0.2) is 19.2 Å². The summed E-state index contributed by atoms with van der Waals surface area (Å²) in [4.78, 5) is 10.8. The minimum atomic E-state index is -3.88. The molecule has 32 heavy (non-hydrogen) atoms. The van der Waals surface area contributed by atoms with Crippen LogP contribution in [0.25, 0.3) is 11.3 Å². The molecule has 4 N–H and O–H groups in total. The topological polar surface area (TPSA) is 128 Å². The molecule has 4 aromatic rings. The zero-order valence-electron chi connectivity index (χ0n) is 16.8. The molecule has 9 heteroatoms. The van der Waals surface area contributed by atoms with Crippen LogP contribution >= 0.6 is 0 Å². The molecule has 1 aliphatic rings. The molecule has 0 saturated heterocycles. The average molecular weight is 446 g/mol. The zero-order valence-corrected chi connectivity index (χ0v) is 17.6. The summed E-state index contributed by atoms with van der Waals surface area (Å²) < 4.78 is 29.3. The molecule has 1 atom stereocenters. The van der Waals surface area contributed by atoms with Crippen molar-refractivity contribution in [3.8, 4) is 11.3 Å². The van der Waals surface area contributed by atoms with E-state index in [4.69, 9.17) is 15.3 Å². The summed E-state index contributed by atoms with van der Waals surface area (Å²) in [5, 5.41) is 5.33. The Balaban J connectivity index is 1.62. The second kappa shape index (κ2) is 7.72. The zero-order chi connectivity index (χ0) is 22.3. The van der Waals surface area contributed by atoms with E-state index in [-0.39, 0.29) is 4.90 Å². The highest BCUT2D eigenvalue weighted by molar-refractivity contribution is 7.89. The number of nitrogens with zero attached hydrogens (tertiary/aromatic N) is 3. The summed E-state index contributed by atoms with van der Waals surface area (Å²) in [5.41, 5.74) is 10.5. The SMILES string of the molecule is NC1c2ccoc2N=C(c2cccc(S(N)(=O)=O)c2)N1c1ccc(-c2ccccn2)cc1. The predicted octanol–water partition coefficient (Wildman–Crippen LogP) is 3.54. The van der Waals surface area contributed by atoms with Gasteiger partial charge in [-0.1, -0.05) is 30.3 Å². The third-order valence-electron chi connectivity index (χ3n) is 5.23. The Morgan fingerprint density at radius 2 is 1.75 bits per heavy atom. The summed E-state index contributed by atoms with van der Waals surface area (Å²) in [6.45, 7) is 0. The van der Waals surface area contributed by atoms with Crippen molar-refractivity contribution in [2.45, 2.75) is 11.1 Å². The molecule has 8 nitrogen and oxygen atoms in total. The number of rotatable bonds is 4. The Labute approximate surface area is 184 Å². The molecule has 0 aliphatic carbocycles. The molecule has 2 aromatic carbocycles. The Morgan fingerprint density at radius 1 is 0.938 bits per heavy atom. The Morgan fingerprint density at radius 3 is 2.47 bits per heavy atom. The van der Waals surface area contributed by atoms with Crippen molar-refractivity contribution in [3.63, 3.8) is 0 Å². The monoisotopic (exact) mass is 445 g/mol. The lowest BCUT2D eigenvalue weighted by molar-refractivity contribution is 0.565. The van der Waals surface area contributed by atoms with Gasteiger partial charge in [-0.15, -0.1) is 0 Å². The van der Waals surface area contributed by atoms with Crippen molar-refractivity contribution in [1.82, 2.24) is 4.98 Å². The maximum atomic E-state index is 11.9. The number of furan rings is 1. The number of nitrogens with two attached hydrogens (primary N) is 2. The number of benzene rings is 2. The molecular formula is C23H19N5O3S. The molecule has 1 unspecified atom stereocenters. The highest BCUT2D eigenvalue weighted by Gasteiger charge is 2.31. The van der Waals surface area contributed by atoms with Gasteiger partial charge in [0.25, 0.3) is 0 Å². The van der Waals surface area contributed by atoms with Crippen LogP contribution in [0.15, 0.2) is 99.6 Å². The third kappa shape index (κ3) is 3.58. The summed E-state index contributed by atoms with van der Waals surface area (Å²) in [6.07, 6.45) is 2.68. The number of amidine groups is 1. The Bertz CT molecular complexity index is 1410. The summed E-state index contributed by atoms with van der Waals surface area (Å²) in [6, 6.07) is 21.5. The second-order valence-corrected chi connectivity index (χ2v) is 8.83. The van der Waals surface area contributed by atoms with E-state index in [1.165, 1.54) is 18.4 Å². The van der Waals surface area contributed by atoms with Gasteiger partial charge in [-0.05, 0) is 42.5 Å². The van der Waals surface area contributed by atoms with E-state index in [0.29, 0.717) is 17.3 Å². The van der Waals surface area contributed by atoms with E-state index < -0.39 is 16.2 Å². The smallest absolute Gasteiger partial charge is 0.238 e. The van der Waals surface area contributed by atoms with Gasteiger partial charge in [0.2, 0.25) is 15.9 Å². The quantitative estimate of drug-likeness (QED) is 0.494. The van der Waals surface area contributed by atoms with Crippen molar-refractivity contribution in [2.75, 3.05) is 4.90 Å². The van der Waals surface area contributed by atoms with Gasteiger partial charge in [-0.3, -0.25) is 4.98 Å². The average Bonchev–Trinajstić information content (AvgIpc) is 3.29. The van der Waals surface area contributed by atoms with Crippen molar-refractivity contribution in [1.29, 1.82) is 0 Å². The van der Waals surface area contributed by atoms with Gasteiger partial charge in [-0.25, -0.2) is 13.6 Å². The minimum Gasteiger partial charge on any atom is -0.446 e. The summed E-state index contributed by atoms with van der Waals surface area (Å²) in [5.74, 6) is 0.839. The van der Waals surface area contributed by atoms with E-state index in [1.807, 2.05) is 47.4 Å².